The number of methoxy groups -OCH3 is 1. The van der Waals surface area contributed by atoms with Crippen molar-refractivity contribution in [3.63, 3.8) is 0 Å². The van der Waals surface area contributed by atoms with E-state index in [1.54, 1.807) is 7.11 Å². The van der Waals surface area contributed by atoms with Crippen LogP contribution in [-0.2, 0) is 0 Å². The highest BCUT2D eigenvalue weighted by Gasteiger charge is 2.15. The molecular formula is C17H21N3O4. The molecule has 0 aliphatic heterocycles. The van der Waals surface area contributed by atoms with E-state index in [0.717, 1.165) is 5.56 Å². The van der Waals surface area contributed by atoms with Gasteiger partial charge in [-0.05, 0) is 44.5 Å². The van der Waals surface area contributed by atoms with Gasteiger partial charge in [0.25, 0.3) is 11.5 Å². The molecule has 0 bridgehead atoms. The zero-order chi connectivity index (χ0) is 17.7. The Hall–Kier alpha value is -2.83. The third kappa shape index (κ3) is 4.34. The Bertz CT molecular complexity index is 750. The van der Waals surface area contributed by atoms with Crippen LogP contribution in [0.3, 0.4) is 0 Å². The number of amides is 1. The van der Waals surface area contributed by atoms with Crippen LogP contribution in [0.25, 0.3) is 0 Å². The van der Waals surface area contributed by atoms with Crippen LogP contribution in [0.2, 0.25) is 0 Å². The van der Waals surface area contributed by atoms with Crippen LogP contribution < -0.4 is 20.3 Å². The van der Waals surface area contributed by atoms with Crippen LogP contribution >= 0.6 is 0 Å². The molecule has 0 aliphatic rings. The van der Waals surface area contributed by atoms with Gasteiger partial charge in [-0.25, -0.2) is 5.10 Å². The van der Waals surface area contributed by atoms with E-state index >= 15 is 0 Å². The molecule has 1 atom stereocenters. The molecular weight excluding hydrogens is 310 g/mol. The first kappa shape index (κ1) is 17.5. The fraction of sp³-hybridized carbons (Fsp3) is 0.353. The molecule has 1 heterocycles. The van der Waals surface area contributed by atoms with Gasteiger partial charge in [0.15, 0.2) is 11.5 Å². The lowest BCUT2D eigenvalue weighted by molar-refractivity contribution is 0.0933. The first-order chi connectivity index (χ1) is 11.4. The van der Waals surface area contributed by atoms with E-state index in [2.05, 4.69) is 15.5 Å². The number of hydrogen-bond acceptors (Lipinski definition) is 5. The Morgan fingerprint density at radius 3 is 2.50 bits per heavy atom. The van der Waals surface area contributed by atoms with Crippen LogP contribution in [0.5, 0.6) is 11.5 Å². The number of ether oxygens (including phenoxy) is 2. The molecule has 128 valence electrons. The summed E-state index contributed by atoms with van der Waals surface area (Å²) in [7, 11) is 1.57. The minimum atomic E-state index is -0.375. The number of nitrogens with one attached hydrogen (secondary N) is 2. The fourth-order valence-corrected chi connectivity index (χ4v) is 2.13. The summed E-state index contributed by atoms with van der Waals surface area (Å²) in [5.41, 5.74) is 0.652. The highest BCUT2D eigenvalue weighted by atomic mass is 16.5. The molecule has 0 fully saturated rings. The number of carbonyl (C=O) groups excluding carboxylic acids is 1. The van der Waals surface area contributed by atoms with Crippen molar-refractivity contribution < 1.29 is 14.3 Å². The van der Waals surface area contributed by atoms with Gasteiger partial charge in [-0.3, -0.25) is 9.59 Å². The van der Waals surface area contributed by atoms with Crippen LogP contribution in [-0.4, -0.2) is 29.3 Å². The zero-order valence-electron chi connectivity index (χ0n) is 14.1. The van der Waals surface area contributed by atoms with E-state index in [0.29, 0.717) is 11.5 Å². The minimum Gasteiger partial charge on any atom is -0.493 e. The van der Waals surface area contributed by atoms with Crippen molar-refractivity contribution in [3.8, 4) is 11.5 Å². The number of benzene rings is 1. The second kappa shape index (κ2) is 7.63. The summed E-state index contributed by atoms with van der Waals surface area (Å²) in [5, 5.41) is 8.77. The first-order valence-corrected chi connectivity index (χ1v) is 7.62. The van der Waals surface area contributed by atoms with Crippen molar-refractivity contribution in [2.75, 3.05) is 7.11 Å². The Balaban J connectivity index is 2.14. The number of hydrogen-bond donors (Lipinski definition) is 2. The van der Waals surface area contributed by atoms with Gasteiger partial charge in [0.1, 0.15) is 5.69 Å². The van der Waals surface area contributed by atoms with Crippen molar-refractivity contribution in [2.45, 2.75) is 32.9 Å². The third-order valence-electron chi connectivity index (χ3n) is 3.31. The van der Waals surface area contributed by atoms with Gasteiger partial charge in [-0.2, -0.15) is 5.10 Å². The fourth-order valence-electron chi connectivity index (χ4n) is 2.13. The monoisotopic (exact) mass is 331 g/mol. The van der Waals surface area contributed by atoms with E-state index in [4.69, 9.17) is 9.47 Å². The van der Waals surface area contributed by atoms with E-state index < -0.39 is 0 Å². The van der Waals surface area contributed by atoms with Crippen molar-refractivity contribution in [3.05, 3.63) is 51.9 Å². The van der Waals surface area contributed by atoms with E-state index in [1.165, 1.54) is 12.1 Å². The number of H-pyrrole nitrogens is 1. The number of carbonyl (C=O) groups is 1. The summed E-state index contributed by atoms with van der Waals surface area (Å²) < 4.78 is 11.0. The molecule has 1 amide bonds. The average molecular weight is 331 g/mol. The van der Waals surface area contributed by atoms with E-state index in [9.17, 15) is 9.59 Å². The summed E-state index contributed by atoms with van der Waals surface area (Å²) in [6.45, 7) is 5.72. The van der Waals surface area contributed by atoms with Gasteiger partial charge in [0.05, 0.1) is 19.3 Å². The Kier molecular flexibility index (Phi) is 5.57. The lowest BCUT2D eigenvalue weighted by Gasteiger charge is -2.18. The molecule has 0 radical (unpaired) electrons. The predicted octanol–water partition coefficient (Wildman–Crippen LogP) is 2.06. The second-order valence-electron chi connectivity index (χ2n) is 5.58. The molecule has 2 rings (SSSR count). The number of aromatic amines is 1. The summed E-state index contributed by atoms with van der Waals surface area (Å²) in [5.74, 6) is 0.877. The molecule has 2 aromatic rings. The Morgan fingerprint density at radius 1 is 1.17 bits per heavy atom. The maximum Gasteiger partial charge on any atom is 0.272 e. The zero-order valence-corrected chi connectivity index (χ0v) is 14.1. The maximum absolute atomic E-state index is 12.2. The van der Waals surface area contributed by atoms with Gasteiger partial charge in [-0.15, -0.1) is 0 Å². The smallest absolute Gasteiger partial charge is 0.272 e. The maximum atomic E-state index is 12.2. The van der Waals surface area contributed by atoms with Crippen LogP contribution in [0.15, 0.2) is 35.1 Å². The van der Waals surface area contributed by atoms with Gasteiger partial charge < -0.3 is 14.8 Å². The lowest BCUT2D eigenvalue weighted by atomic mass is 10.1. The molecule has 0 unspecified atom stereocenters. The summed E-state index contributed by atoms with van der Waals surface area (Å²) in [6, 6.07) is 7.87. The van der Waals surface area contributed by atoms with Gasteiger partial charge in [0.2, 0.25) is 0 Å². The molecule has 1 aromatic carbocycles. The Labute approximate surface area is 140 Å². The van der Waals surface area contributed by atoms with Crippen molar-refractivity contribution in [1.29, 1.82) is 0 Å². The second-order valence-corrected chi connectivity index (χ2v) is 5.58. The Morgan fingerprint density at radius 2 is 1.92 bits per heavy atom. The molecule has 0 saturated carbocycles. The first-order valence-electron chi connectivity index (χ1n) is 7.62. The molecule has 1 aromatic heterocycles. The SMILES string of the molecule is COc1cc([C@@H](C)NC(=O)c2ccc(=O)[nH]n2)ccc1OC(C)C. The molecule has 0 spiro atoms. The highest BCUT2D eigenvalue weighted by Crippen LogP contribution is 2.31. The van der Waals surface area contributed by atoms with Crippen molar-refractivity contribution in [2.24, 2.45) is 0 Å². The molecule has 7 heteroatoms. The number of aromatic nitrogens is 2. The summed E-state index contributed by atoms with van der Waals surface area (Å²) in [6.07, 6.45) is 0.0354. The molecule has 24 heavy (non-hydrogen) atoms. The topological polar surface area (TPSA) is 93.3 Å². The summed E-state index contributed by atoms with van der Waals surface area (Å²) in [4.78, 5) is 23.1. The van der Waals surface area contributed by atoms with Crippen LogP contribution in [0.4, 0.5) is 0 Å². The highest BCUT2D eigenvalue weighted by molar-refractivity contribution is 5.92. The molecule has 0 aliphatic carbocycles. The molecule has 0 saturated heterocycles. The normalized spacial score (nSPS) is 11.9. The molecule has 2 N–H and O–H groups in total. The minimum absolute atomic E-state index is 0.0354. The van der Waals surface area contributed by atoms with E-state index in [-0.39, 0.29) is 29.3 Å². The standard InChI is InChI=1S/C17H21N3O4/c1-10(2)24-14-7-5-12(9-15(14)23-4)11(3)18-17(22)13-6-8-16(21)20-19-13/h5-11H,1-4H3,(H,18,22)(H,20,21)/t11-/m1/s1. The number of rotatable bonds is 6. The quantitative estimate of drug-likeness (QED) is 0.845. The van der Waals surface area contributed by atoms with Gasteiger partial charge >= 0.3 is 0 Å². The lowest BCUT2D eigenvalue weighted by Crippen LogP contribution is -2.28. The molecule has 7 nitrogen and oxygen atoms in total. The van der Waals surface area contributed by atoms with Crippen molar-refractivity contribution >= 4 is 5.91 Å². The largest absolute Gasteiger partial charge is 0.493 e. The third-order valence-corrected chi connectivity index (χ3v) is 3.31. The van der Waals surface area contributed by atoms with Gasteiger partial charge in [0, 0.05) is 6.07 Å². The van der Waals surface area contributed by atoms with Crippen LogP contribution in [0, 0.1) is 0 Å². The summed E-state index contributed by atoms with van der Waals surface area (Å²) >= 11 is 0. The predicted molar refractivity (Wildman–Crippen MR) is 89.5 cm³/mol. The van der Waals surface area contributed by atoms with Crippen LogP contribution in [0.1, 0.15) is 42.9 Å². The number of nitrogens with zero attached hydrogens (tertiary/aromatic N) is 1. The van der Waals surface area contributed by atoms with Crippen molar-refractivity contribution in [1.82, 2.24) is 15.5 Å². The van der Waals surface area contributed by atoms with E-state index in [1.807, 2.05) is 39.0 Å². The van der Waals surface area contributed by atoms with Gasteiger partial charge in [-0.1, -0.05) is 6.07 Å². The average Bonchev–Trinajstić information content (AvgIpc) is 2.55.